The minimum absolute atomic E-state index is 0.0158. The molecule has 0 heterocycles. The molecule has 0 aliphatic heterocycles. The van der Waals surface area contributed by atoms with Gasteiger partial charge in [0.25, 0.3) is 5.69 Å². The van der Waals surface area contributed by atoms with Gasteiger partial charge in [0.05, 0.1) is 18.1 Å². The number of benzene rings is 1. The highest BCUT2D eigenvalue weighted by atomic mass is 16.6. The number of ether oxygens (including phenoxy) is 1. The van der Waals surface area contributed by atoms with Gasteiger partial charge in [0.1, 0.15) is 11.5 Å². The molecule has 0 aliphatic carbocycles. The lowest BCUT2D eigenvalue weighted by Gasteiger charge is -2.04. The summed E-state index contributed by atoms with van der Waals surface area (Å²) in [6.07, 6.45) is 0.873. The molecule has 1 aromatic carbocycles. The molecule has 1 aromatic rings. The molecule has 0 aliphatic rings. The minimum atomic E-state index is -0.472. The Balaban J connectivity index is 2.95. The van der Waals surface area contributed by atoms with Gasteiger partial charge in [0.2, 0.25) is 0 Å². The van der Waals surface area contributed by atoms with Gasteiger partial charge in [0, 0.05) is 12.5 Å². The smallest absolute Gasteiger partial charge is 0.273 e. The second-order valence-electron chi connectivity index (χ2n) is 3.50. The Kier molecular flexibility index (Phi) is 3.99. The molecule has 0 saturated heterocycles. The molecule has 5 nitrogen and oxygen atoms in total. The van der Waals surface area contributed by atoms with Crippen molar-refractivity contribution in [3.05, 3.63) is 33.9 Å². The molecule has 0 N–H and O–H groups in total. The third-order valence-electron chi connectivity index (χ3n) is 2.16. The standard InChI is InChI=1S/C11H13NO4/c1-8(13)3-4-9-5-10(12(14)15)7-11(6-9)16-2/h5-7H,3-4H2,1-2H3. The maximum atomic E-state index is 10.8. The maximum Gasteiger partial charge on any atom is 0.273 e. The number of nitro groups is 1. The average Bonchev–Trinajstić information content (AvgIpc) is 2.25. The van der Waals surface area contributed by atoms with Gasteiger partial charge in [0.15, 0.2) is 0 Å². The van der Waals surface area contributed by atoms with Gasteiger partial charge in [-0.3, -0.25) is 10.1 Å². The van der Waals surface area contributed by atoms with Crippen LogP contribution in [0.2, 0.25) is 0 Å². The van der Waals surface area contributed by atoms with Crippen molar-refractivity contribution in [1.29, 1.82) is 0 Å². The van der Waals surface area contributed by atoms with Gasteiger partial charge in [-0.25, -0.2) is 0 Å². The van der Waals surface area contributed by atoms with E-state index >= 15 is 0 Å². The highest BCUT2D eigenvalue weighted by Crippen LogP contribution is 2.23. The summed E-state index contributed by atoms with van der Waals surface area (Å²) in [5, 5.41) is 10.6. The summed E-state index contributed by atoms with van der Waals surface area (Å²) in [7, 11) is 1.45. The second-order valence-corrected chi connectivity index (χ2v) is 3.50. The summed E-state index contributed by atoms with van der Waals surface area (Å²) in [5.74, 6) is 0.498. The van der Waals surface area contributed by atoms with Crippen LogP contribution in [0.3, 0.4) is 0 Å². The van der Waals surface area contributed by atoms with E-state index in [9.17, 15) is 14.9 Å². The van der Waals surface area contributed by atoms with Crippen molar-refractivity contribution in [3.8, 4) is 5.75 Å². The molecule has 0 fully saturated rings. The van der Waals surface area contributed by atoms with E-state index < -0.39 is 4.92 Å². The van der Waals surface area contributed by atoms with Crippen LogP contribution in [0.4, 0.5) is 5.69 Å². The third kappa shape index (κ3) is 3.34. The molecule has 0 amide bonds. The number of hydrogen-bond donors (Lipinski definition) is 0. The summed E-state index contributed by atoms with van der Waals surface area (Å²) < 4.78 is 4.96. The van der Waals surface area contributed by atoms with E-state index in [4.69, 9.17) is 4.74 Å². The Bertz CT molecular complexity index is 414. The highest BCUT2D eigenvalue weighted by Gasteiger charge is 2.10. The molecule has 5 heteroatoms. The van der Waals surface area contributed by atoms with Crippen molar-refractivity contribution in [1.82, 2.24) is 0 Å². The first kappa shape index (κ1) is 12.2. The summed E-state index contributed by atoms with van der Waals surface area (Å²) in [6.45, 7) is 1.49. The lowest BCUT2D eigenvalue weighted by Crippen LogP contribution is -1.97. The van der Waals surface area contributed by atoms with E-state index in [0.29, 0.717) is 18.6 Å². The van der Waals surface area contributed by atoms with Crippen molar-refractivity contribution >= 4 is 11.5 Å². The molecular weight excluding hydrogens is 210 g/mol. The molecule has 1 rings (SSSR count). The fraction of sp³-hybridized carbons (Fsp3) is 0.364. The number of non-ortho nitro benzene ring substituents is 1. The first-order valence-corrected chi connectivity index (χ1v) is 4.84. The number of rotatable bonds is 5. The summed E-state index contributed by atoms with van der Waals surface area (Å²) in [6, 6.07) is 4.53. The molecule has 0 atom stereocenters. The molecular formula is C11H13NO4. The zero-order chi connectivity index (χ0) is 12.1. The second kappa shape index (κ2) is 5.25. The van der Waals surface area contributed by atoms with Crippen LogP contribution in [0.1, 0.15) is 18.9 Å². The van der Waals surface area contributed by atoms with Crippen LogP contribution in [0.5, 0.6) is 5.75 Å². The highest BCUT2D eigenvalue weighted by molar-refractivity contribution is 5.75. The van der Waals surface area contributed by atoms with Gasteiger partial charge in [-0.2, -0.15) is 0 Å². The predicted octanol–water partition coefficient (Wildman–Crippen LogP) is 2.12. The van der Waals surface area contributed by atoms with Crippen LogP contribution in [0.15, 0.2) is 18.2 Å². The van der Waals surface area contributed by atoms with E-state index in [-0.39, 0.29) is 11.5 Å². The topological polar surface area (TPSA) is 69.4 Å². The Morgan fingerprint density at radius 2 is 2.12 bits per heavy atom. The quantitative estimate of drug-likeness (QED) is 0.566. The third-order valence-corrected chi connectivity index (χ3v) is 2.16. The van der Waals surface area contributed by atoms with Crippen molar-refractivity contribution in [3.63, 3.8) is 0 Å². The number of ketones is 1. The van der Waals surface area contributed by atoms with Crippen LogP contribution in [-0.4, -0.2) is 17.8 Å². The van der Waals surface area contributed by atoms with Crippen molar-refractivity contribution < 1.29 is 14.5 Å². The molecule has 0 unspecified atom stereocenters. The van der Waals surface area contributed by atoms with Crippen LogP contribution in [0.25, 0.3) is 0 Å². The van der Waals surface area contributed by atoms with Crippen molar-refractivity contribution in [2.24, 2.45) is 0 Å². The SMILES string of the molecule is COc1cc(CCC(C)=O)cc([N+](=O)[O-])c1. The minimum Gasteiger partial charge on any atom is -0.496 e. The van der Waals surface area contributed by atoms with Crippen LogP contribution < -0.4 is 4.74 Å². The van der Waals surface area contributed by atoms with E-state index in [1.54, 1.807) is 6.07 Å². The zero-order valence-electron chi connectivity index (χ0n) is 9.23. The van der Waals surface area contributed by atoms with Crippen molar-refractivity contribution in [2.45, 2.75) is 19.8 Å². The monoisotopic (exact) mass is 223 g/mol. The molecule has 0 saturated carbocycles. The largest absolute Gasteiger partial charge is 0.496 e. The first-order valence-electron chi connectivity index (χ1n) is 4.84. The van der Waals surface area contributed by atoms with E-state index in [0.717, 1.165) is 5.56 Å². The van der Waals surface area contributed by atoms with Crippen LogP contribution >= 0.6 is 0 Å². The van der Waals surface area contributed by atoms with E-state index in [1.807, 2.05) is 0 Å². The summed E-state index contributed by atoms with van der Waals surface area (Å²) in [5.41, 5.74) is 0.721. The number of carbonyl (C=O) groups is 1. The van der Waals surface area contributed by atoms with Gasteiger partial charge < -0.3 is 9.53 Å². The molecule has 86 valence electrons. The lowest BCUT2D eigenvalue weighted by molar-refractivity contribution is -0.385. The summed E-state index contributed by atoms with van der Waals surface area (Å²) >= 11 is 0. The van der Waals surface area contributed by atoms with Crippen LogP contribution in [0, 0.1) is 10.1 Å². The Morgan fingerprint density at radius 1 is 1.44 bits per heavy atom. The predicted molar refractivity (Wildman–Crippen MR) is 58.7 cm³/mol. The van der Waals surface area contributed by atoms with E-state index in [1.165, 1.54) is 26.2 Å². The first-order chi connectivity index (χ1) is 7.52. The molecule has 0 radical (unpaired) electrons. The normalized spacial score (nSPS) is 9.88. The Morgan fingerprint density at radius 3 is 2.62 bits per heavy atom. The van der Waals surface area contributed by atoms with Crippen molar-refractivity contribution in [2.75, 3.05) is 7.11 Å². The van der Waals surface area contributed by atoms with Gasteiger partial charge in [-0.05, 0) is 25.0 Å². The number of aryl methyl sites for hydroxylation is 1. The van der Waals surface area contributed by atoms with Gasteiger partial charge >= 0.3 is 0 Å². The summed E-state index contributed by atoms with van der Waals surface area (Å²) in [4.78, 5) is 21.0. The van der Waals surface area contributed by atoms with Gasteiger partial charge in [-0.1, -0.05) is 0 Å². The maximum absolute atomic E-state index is 10.8. The number of nitrogens with zero attached hydrogens (tertiary/aromatic N) is 1. The number of carbonyl (C=O) groups excluding carboxylic acids is 1. The number of methoxy groups -OCH3 is 1. The molecule has 0 bridgehead atoms. The number of nitro benzene ring substituents is 1. The molecule has 0 spiro atoms. The fourth-order valence-electron chi connectivity index (χ4n) is 1.33. The Hall–Kier alpha value is -1.91. The average molecular weight is 223 g/mol. The molecule has 0 aromatic heterocycles. The number of hydrogen-bond acceptors (Lipinski definition) is 4. The lowest BCUT2D eigenvalue weighted by atomic mass is 10.1. The van der Waals surface area contributed by atoms with Crippen LogP contribution in [-0.2, 0) is 11.2 Å². The van der Waals surface area contributed by atoms with Gasteiger partial charge in [-0.15, -0.1) is 0 Å². The fourth-order valence-corrected chi connectivity index (χ4v) is 1.33. The number of Topliss-reactive ketones (excluding diaryl/α,β-unsaturated/α-hetero) is 1. The molecule has 16 heavy (non-hydrogen) atoms. The van der Waals surface area contributed by atoms with E-state index in [2.05, 4.69) is 0 Å². The Labute approximate surface area is 93.2 Å². The zero-order valence-corrected chi connectivity index (χ0v) is 9.23.